The number of aryl methyl sites for hydroxylation is 2. The van der Waals surface area contributed by atoms with Crippen molar-refractivity contribution >= 4 is 17.0 Å². The Morgan fingerprint density at radius 3 is 2.86 bits per heavy atom. The van der Waals surface area contributed by atoms with Gasteiger partial charge in [-0.15, -0.1) is 0 Å². The first kappa shape index (κ1) is 13.5. The monoisotopic (exact) mass is 285 g/mol. The molecule has 0 fully saturated rings. The first-order chi connectivity index (χ1) is 10.1. The van der Waals surface area contributed by atoms with Crippen LogP contribution in [0.3, 0.4) is 0 Å². The zero-order valence-corrected chi connectivity index (χ0v) is 12.5. The maximum Gasteiger partial charge on any atom is 0.201 e. The van der Waals surface area contributed by atoms with Crippen molar-refractivity contribution in [3.05, 3.63) is 35.7 Å². The Morgan fingerprint density at radius 2 is 2.14 bits per heavy atom. The van der Waals surface area contributed by atoms with Gasteiger partial charge in [0.1, 0.15) is 5.75 Å². The van der Waals surface area contributed by atoms with E-state index in [-0.39, 0.29) is 0 Å². The van der Waals surface area contributed by atoms with E-state index in [2.05, 4.69) is 17.0 Å². The molecule has 0 saturated heterocycles. The van der Waals surface area contributed by atoms with Crippen molar-refractivity contribution < 1.29 is 4.74 Å². The van der Waals surface area contributed by atoms with Crippen LogP contribution in [0.5, 0.6) is 5.75 Å². The lowest BCUT2D eigenvalue weighted by molar-refractivity contribution is 0.415. The second-order valence-corrected chi connectivity index (χ2v) is 5.04. The summed E-state index contributed by atoms with van der Waals surface area (Å²) in [5.41, 5.74) is 10.2. The van der Waals surface area contributed by atoms with Crippen LogP contribution in [0.4, 0.5) is 5.95 Å². The molecule has 3 aromatic rings. The summed E-state index contributed by atoms with van der Waals surface area (Å²) < 4.78 is 9.07. The average Bonchev–Trinajstić information content (AvgIpc) is 2.99. The Morgan fingerprint density at radius 1 is 1.33 bits per heavy atom. The molecule has 2 heterocycles. The maximum absolute atomic E-state index is 6.07. The van der Waals surface area contributed by atoms with Crippen molar-refractivity contribution in [2.75, 3.05) is 12.8 Å². The van der Waals surface area contributed by atoms with E-state index in [1.165, 1.54) is 5.56 Å². The molecular weight excluding hydrogens is 266 g/mol. The van der Waals surface area contributed by atoms with Crippen LogP contribution in [0, 0.1) is 0 Å². The fourth-order valence-electron chi connectivity index (χ4n) is 2.61. The minimum absolute atomic E-state index is 0.504. The van der Waals surface area contributed by atoms with Gasteiger partial charge in [-0.25, -0.2) is 4.98 Å². The quantitative estimate of drug-likeness (QED) is 0.795. The van der Waals surface area contributed by atoms with Crippen LogP contribution in [0.2, 0.25) is 0 Å². The number of aromatic nitrogens is 4. The van der Waals surface area contributed by atoms with E-state index < -0.39 is 0 Å². The molecule has 6 nitrogen and oxygen atoms in total. The summed E-state index contributed by atoms with van der Waals surface area (Å²) in [4.78, 5) is 4.41. The van der Waals surface area contributed by atoms with E-state index in [4.69, 9.17) is 10.5 Å². The summed E-state index contributed by atoms with van der Waals surface area (Å²) in [6.45, 7) is 2.78. The summed E-state index contributed by atoms with van der Waals surface area (Å²) in [7, 11) is 3.58. The van der Waals surface area contributed by atoms with Gasteiger partial charge in [0.2, 0.25) is 5.95 Å². The second kappa shape index (κ2) is 5.12. The fraction of sp³-hybridized carbons (Fsp3) is 0.333. The van der Waals surface area contributed by atoms with Crippen LogP contribution in [-0.2, 0) is 20.0 Å². The van der Waals surface area contributed by atoms with Crippen LogP contribution >= 0.6 is 0 Å². The zero-order valence-electron chi connectivity index (χ0n) is 12.5. The molecule has 0 unspecified atom stereocenters. The van der Waals surface area contributed by atoms with E-state index in [9.17, 15) is 0 Å². The van der Waals surface area contributed by atoms with Crippen molar-refractivity contribution in [2.24, 2.45) is 7.05 Å². The lowest BCUT2D eigenvalue weighted by atomic mass is 10.2. The third-order valence-electron chi connectivity index (χ3n) is 3.64. The molecule has 0 amide bonds. The highest BCUT2D eigenvalue weighted by Gasteiger charge is 2.13. The molecule has 0 saturated carbocycles. The molecule has 6 heteroatoms. The number of rotatable bonds is 4. The molecule has 3 rings (SSSR count). The van der Waals surface area contributed by atoms with Crippen molar-refractivity contribution in [1.29, 1.82) is 0 Å². The number of nitrogens with two attached hydrogens (primary N) is 1. The fourth-order valence-corrected chi connectivity index (χ4v) is 2.61. The number of nitrogen functional groups attached to an aromatic ring is 1. The highest BCUT2D eigenvalue weighted by molar-refractivity contribution is 5.80. The second-order valence-electron chi connectivity index (χ2n) is 5.04. The highest BCUT2D eigenvalue weighted by atomic mass is 16.5. The van der Waals surface area contributed by atoms with Crippen molar-refractivity contribution in [1.82, 2.24) is 19.3 Å². The molecule has 0 bridgehead atoms. The van der Waals surface area contributed by atoms with Crippen molar-refractivity contribution in [3.8, 4) is 5.75 Å². The van der Waals surface area contributed by atoms with Gasteiger partial charge in [0.15, 0.2) is 0 Å². The van der Waals surface area contributed by atoms with Crippen molar-refractivity contribution in [2.45, 2.75) is 19.9 Å². The molecule has 2 N–H and O–H groups in total. The van der Waals surface area contributed by atoms with Gasteiger partial charge in [-0.1, -0.05) is 6.92 Å². The number of anilines is 1. The number of nitrogens with zero attached hydrogens (tertiary/aromatic N) is 4. The summed E-state index contributed by atoms with van der Waals surface area (Å²) in [6.07, 6.45) is 2.93. The third kappa shape index (κ3) is 2.33. The SMILES string of the molecule is CCc1nn(C)cc1Cn1c(N)nc2cc(OC)ccc21. The summed E-state index contributed by atoms with van der Waals surface area (Å²) in [6, 6.07) is 5.80. The number of fused-ring (bicyclic) bond motifs is 1. The van der Waals surface area contributed by atoms with Gasteiger partial charge in [0.05, 0.1) is 30.4 Å². The normalized spacial score (nSPS) is 11.2. The third-order valence-corrected chi connectivity index (χ3v) is 3.64. The van der Waals surface area contributed by atoms with Gasteiger partial charge >= 0.3 is 0 Å². The van der Waals surface area contributed by atoms with E-state index in [1.54, 1.807) is 7.11 Å². The first-order valence-corrected chi connectivity index (χ1v) is 6.93. The smallest absolute Gasteiger partial charge is 0.201 e. The van der Waals surface area contributed by atoms with Crippen LogP contribution in [0.15, 0.2) is 24.4 Å². The van der Waals surface area contributed by atoms with Gasteiger partial charge in [0.25, 0.3) is 0 Å². The lowest BCUT2D eigenvalue weighted by Crippen LogP contribution is -2.05. The first-order valence-electron chi connectivity index (χ1n) is 6.93. The Hall–Kier alpha value is -2.50. The number of hydrogen-bond donors (Lipinski definition) is 1. The van der Waals surface area contributed by atoms with Crippen LogP contribution in [0.25, 0.3) is 11.0 Å². The predicted octanol–water partition coefficient (Wildman–Crippen LogP) is 1.97. The van der Waals surface area contributed by atoms with Crippen LogP contribution in [-0.4, -0.2) is 26.4 Å². The number of imidazole rings is 1. The molecule has 0 spiro atoms. The molecule has 21 heavy (non-hydrogen) atoms. The molecule has 2 aromatic heterocycles. The van der Waals surface area contributed by atoms with Crippen LogP contribution in [0.1, 0.15) is 18.2 Å². The standard InChI is InChI=1S/C15H19N5O/c1-4-12-10(8-19(2)18-12)9-20-14-6-5-11(21-3)7-13(14)17-15(20)16/h5-8H,4,9H2,1-3H3,(H2,16,17). The average molecular weight is 285 g/mol. The molecule has 110 valence electrons. The molecule has 0 aliphatic heterocycles. The molecule has 0 aliphatic rings. The van der Waals surface area contributed by atoms with Gasteiger partial charge < -0.3 is 15.0 Å². The van der Waals surface area contributed by atoms with E-state index in [0.29, 0.717) is 12.5 Å². The summed E-state index contributed by atoms with van der Waals surface area (Å²) in [5.74, 6) is 1.28. The van der Waals surface area contributed by atoms with E-state index >= 15 is 0 Å². The molecular formula is C15H19N5O. The van der Waals surface area contributed by atoms with Gasteiger partial charge in [-0.3, -0.25) is 4.68 Å². The van der Waals surface area contributed by atoms with Gasteiger partial charge in [0, 0.05) is 24.9 Å². The number of benzene rings is 1. The number of ether oxygens (including phenoxy) is 1. The zero-order chi connectivity index (χ0) is 15.0. The molecule has 0 atom stereocenters. The summed E-state index contributed by atoms with van der Waals surface area (Å²) in [5, 5.41) is 4.47. The molecule has 0 aliphatic carbocycles. The minimum atomic E-state index is 0.504. The Bertz CT molecular complexity index is 787. The molecule has 0 radical (unpaired) electrons. The number of hydrogen-bond acceptors (Lipinski definition) is 4. The highest BCUT2D eigenvalue weighted by Crippen LogP contribution is 2.24. The van der Waals surface area contributed by atoms with E-state index in [0.717, 1.165) is 28.9 Å². The van der Waals surface area contributed by atoms with Crippen LogP contribution < -0.4 is 10.5 Å². The Balaban J connectivity index is 2.05. The summed E-state index contributed by atoms with van der Waals surface area (Å²) >= 11 is 0. The minimum Gasteiger partial charge on any atom is -0.497 e. The number of methoxy groups -OCH3 is 1. The van der Waals surface area contributed by atoms with E-state index in [1.807, 2.05) is 40.7 Å². The van der Waals surface area contributed by atoms with Gasteiger partial charge in [-0.05, 0) is 18.6 Å². The predicted molar refractivity (Wildman–Crippen MR) is 82.4 cm³/mol. The maximum atomic E-state index is 6.07. The largest absolute Gasteiger partial charge is 0.497 e. The lowest BCUT2D eigenvalue weighted by Gasteiger charge is -2.06. The molecule has 1 aromatic carbocycles. The van der Waals surface area contributed by atoms with Crippen molar-refractivity contribution in [3.63, 3.8) is 0 Å². The Labute approximate surface area is 123 Å². The van der Waals surface area contributed by atoms with Gasteiger partial charge in [-0.2, -0.15) is 5.10 Å². The topological polar surface area (TPSA) is 70.9 Å². The Kier molecular flexibility index (Phi) is 3.29.